The van der Waals surface area contributed by atoms with Crippen molar-refractivity contribution in [3.63, 3.8) is 0 Å². The van der Waals surface area contributed by atoms with E-state index in [1.54, 1.807) is 12.1 Å². The van der Waals surface area contributed by atoms with E-state index in [-0.39, 0.29) is 11.2 Å². The molecule has 0 aromatic heterocycles. The number of alkyl halides is 2. The predicted octanol–water partition coefficient (Wildman–Crippen LogP) is 5.37. The Bertz CT molecular complexity index is 361. The van der Waals surface area contributed by atoms with Gasteiger partial charge < -0.3 is 0 Å². The Labute approximate surface area is 119 Å². The van der Waals surface area contributed by atoms with E-state index < -0.39 is 0 Å². The van der Waals surface area contributed by atoms with Crippen LogP contribution in [0.3, 0.4) is 0 Å². The van der Waals surface area contributed by atoms with Gasteiger partial charge in [0, 0.05) is 17.2 Å². The minimum Gasteiger partial charge on any atom is -0.207 e. The summed E-state index contributed by atoms with van der Waals surface area (Å²) in [6.45, 7) is 4.37. The molecule has 18 heavy (non-hydrogen) atoms. The fraction of sp³-hybridized carbons (Fsp3) is 0.600. The Morgan fingerprint density at radius 2 is 1.94 bits per heavy atom. The molecule has 0 heterocycles. The van der Waals surface area contributed by atoms with Crippen LogP contribution in [0.25, 0.3) is 0 Å². The van der Waals surface area contributed by atoms with E-state index in [0.717, 1.165) is 24.8 Å². The lowest BCUT2D eigenvalue weighted by Gasteiger charge is -2.33. The summed E-state index contributed by atoms with van der Waals surface area (Å²) in [7, 11) is 0. The molecule has 1 rings (SSSR count). The summed E-state index contributed by atoms with van der Waals surface area (Å²) in [6, 6.07) is 6.66. The van der Waals surface area contributed by atoms with Crippen LogP contribution in [0.5, 0.6) is 0 Å². The van der Waals surface area contributed by atoms with Gasteiger partial charge in [0.05, 0.1) is 0 Å². The van der Waals surface area contributed by atoms with Crippen LogP contribution in [0.2, 0.25) is 0 Å². The van der Waals surface area contributed by atoms with Gasteiger partial charge in [-0.05, 0) is 30.0 Å². The van der Waals surface area contributed by atoms with E-state index in [9.17, 15) is 4.39 Å². The van der Waals surface area contributed by atoms with Crippen LogP contribution < -0.4 is 0 Å². The maximum atomic E-state index is 13.4. The van der Waals surface area contributed by atoms with Gasteiger partial charge in [0.15, 0.2) is 0 Å². The molecular formula is C15H21Cl2F. The third kappa shape index (κ3) is 3.86. The quantitative estimate of drug-likeness (QED) is 0.593. The van der Waals surface area contributed by atoms with Crippen molar-refractivity contribution >= 4 is 23.2 Å². The summed E-state index contributed by atoms with van der Waals surface area (Å²) in [4.78, 5) is 0. The number of hydrogen-bond acceptors (Lipinski definition) is 0. The lowest BCUT2D eigenvalue weighted by molar-refractivity contribution is 0.367. The van der Waals surface area contributed by atoms with Crippen LogP contribution in [0.1, 0.15) is 38.7 Å². The fourth-order valence-electron chi connectivity index (χ4n) is 2.50. The van der Waals surface area contributed by atoms with Crippen molar-refractivity contribution in [1.29, 1.82) is 0 Å². The van der Waals surface area contributed by atoms with E-state index in [1.807, 2.05) is 6.07 Å². The maximum absolute atomic E-state index is 13.4. The zero-order valence-corrected chi connectivity index (χ0v) is 12.6. The Morgan fingerprint density at radius 1 is 1.28 bits per heavy atom. The monoisotopic (exact) mass is 290 g/mol. The zero-order chi connectivity index (χ0) is 13.6. The summed E-state index contributed by atoms with van der Waals surface area (Å²) in [5.41, 5.74) is 0.593. The molecule has 0 saturated heterocycles. The van der Waals surface area contributed by atoms with Crippen LogP contribution in [0.4, 0.5) is 4.39 Å². The molecule has 0 bridgehead atoms. The second-order valence-corrected chi connectivity index (χ2v) is 5.69. The number of hydrogen-bond donors (Lipinski definition) is 0. The third-order valence-corrected chi connectivity index (χ3v) is 4.49. The first-order chi connectivity index (χ1) is 8.57. The smallest absolute Gasteiger partial charge is 0.123 e. The van der Waals surface area contributed by atoms with Crippen LogP contribution in [0.15, 0.2) is 24.3 Å². The molecule has 3 heteroatoms. The normalized spacial score (nSPS) is 13.6. The van der Waals surface area contributed by atoms with Gasteiger partial charge in [-0.1, -0.05) is 38.8 Å². The van der Waals surface area contributed by atoms with Crippen molar-refractivity contribution in [3.8, 4) is 0 Å². The van der Waals surface area contributed by atoms with Crippen LogP contribution in [-0.4, -0.2) is 11.8 Å². The van der Waals surface area contributed by atoms with Crippen molar-refractivity contribution in [3.05, 3.63) is 35.6 Å². The fourth-order valence-corrected chi connectivity index (χ4v) is 3.31. The highest BCUT2D eigenvalue weighted by molar-refractivity contribution is 6.22. The molecule has 0 N–H and O–H groups in total. The van der Waals surface area contributed by atoms with Gasteiger partial charge >= 0.3 is 0 Å². The molecule has 0 aliphatic carbocycles. The Morgan fingerprint density at radius 3 is 2.44 bits per heavy atom. The average molecular weight is 291 g/mol. The minimum atomic E-state index is -0.320. The molecule has 0 aliphatic heterocycles. The predicted molar refractivity (Wildman–Crippen MR) is 78.2 cm³/mol. The lowest BCUT2D eigenvalue weighted by Crippen LogP contribution is -2.33. The van der Waals surface area contributed by atoms with Gasteiger partial charge in [-0.3, -0.25) is 0 Å². The van der Waals surface area contributed by atoms with Crippen molar-refractivity contribution in [2.75, 3.05) is 11.8 Å². The minimum absolute atomic E-state index is 0.227. The van der Waals surface area contributed by atoms with Crippen LogP contribution >= 0.6 is 23.2 Å². The summed E-state index contributed by atoms with van der Waals surface area (Å²) >= 11 is 12.3. The summed E-state index contributed by atoms with van der Waals surface area (Å²) < 4.78 is 13.4. The highest BCUT2D eigenvalue weighted by Crippen LogP contribution is 2.35. The molecule has 1 aromatic carbocycles. The van der Waals surface area contributed by atoms with E-state index in [1.165, 1.54) is 6.07 Å². The van der Waals surface area contributed by atoms with Gasteiger partial charge in [-0.2, -0.15) is 0 Å². The Balaban J connectivity index is 2.99. The molecule has 0 aliphatic rings. The maximum Gasteiger partial charge on any atom is 0.123 e. The Hall–Kier alpha value is -0.270. The molecule has 1 aromatic rings. The zero-order valence-electron chi connectivity index (χ0n) is 11.1. The highest BCUT2D eigenvalue weighted by atomic mass is 35.5. The number of benzene rings is 1. The first kappa shape index (κ1) is 15.8. The first-order valence-electron chi connectivity index (χ1n) is 6.46. The summed E-state index contributed by atoms with van der Waals surface area (Å²) in [5.74, 6) is 1.16. The Kier molecular flexibility index (Phi) is 6.45. The first-order valence-corrected chi connectivity index (χ1v) is 7.53. The average Bonchev–Trinajstić information content (AvgIpc) is 2.36. The molecule has 0 radical (unpaired) electrons. The van der Waals surface area contributed by atoms with Crippen molar-refractivity contribution in [2.45, 2.75) is 38.5 Å². The summed E-state index contributed by atoms with van der Waals surface area (Å²) in [6.07, 6.45) is 3.19. The second-order valence-electron chi connectivity index (χ2n) is 5.16. The molecule has 0 saturated carbocycles. The molecule has 1 unspecified atom stereocenters. The standard InChI is InChI=1S/C15H21Cl2F/c1-3-5-12(2)9-15(10-16,11-17)13-6-4-7-14(18)8-13/h4,6-8,12H,3,5,9-11H2,1-2H3. The van der Waals surface area contributed by atoms with Gasteiger partial charge in [0.25, 0.3) is 0 Å². The molecule has 0 nitrogen and oxygen atoms in total. The van der Waals surface area contributed by atoms with Gasteiger partial charge in [-0.25, -0.2) is 4.39 Å². The molecule has 1 atom stereocenters. The van der Waals surface area contributed by atoms with E-state index in [4.69, 9.17) is 23.2 Å². The van der Waals surface area contributed by atoms with E-state index in [0.29, 0.717) is 17.7 Å². The third-order valence-electron chi connectivity index (χ3n) is 3.47. The van der Waals surface area contributed by atoms with Crippen LogP contribution in [-0.2, 0) is 5.41 Å². The van der Waals surface area contributed by atoms with Crippen LogP contribution in [0, 0.1) is 11.7 Å². The summed E-state index contributed by atoms with van der Waals surface area (Å²) in [5, 5.41) is 0. The second kappa shape index (κ2) is 7.35. The van der Waals surface area contributed by atoms with Crippen molar-refractivity contribution < 1.29 is 4.39 Å². The molecule has 0 fully saturated rings. The highest BCUT2D eigenvalue weighted by Gasteiger charge is 2.32. The number of halogens is 3. The largest absolute Gasteiger partial charge is 0.207 e. The SMILES string of the molecule is CCCC(C)CC(CCl)(CCl)c1cccc(F)c1. The van der Waals surface area contributed by atoms with Gasteiger partial charge in [0.1, 0.15) is 5.82 Å². The lowest BCUT2D eigenvalue weighted by atomic mass is 9.76. The molecule has 0 spiro atoms. The van der Waals surface area contributed by atoms with E-state index in [2.05, 4.69) is 13.8 Å². The van der Waals surface area contributed by atoms with Gasteiger partial charge in [0.2, 0.25) is 0 Å². The van der Waals surface area contributed by atoms with Gasteiger partial charge in [-0.15, -0.1) is 23.2 Å². The van der Waals surface area contributed by atoms with Crippen molar-refractivity contribution in [1.82, 2.24) is 0 Å². The van der Waals surface area contributed by atoms with E-state index >= 15 is 0 Å². The number of rotatable bonds is 7. The molecule has 102 valence electrons. The topological polar surface area (TPSA) is 0 Å². The van der Waals surface area contributed by atoms with Crippen molar-refractivity contribution in [2.24, 2.45) is 5.92 Å². The molecular weight excluding hydrogens is 270 g/mol. The molecule has 0 amide bonds.